The summed E-state index contributed by atoms with van der Waals surface area (Å²) in [4.78, 5) is 24.2. The van der Waals surface area contributed by atoms with Crippen molar-refractivity contribution >= 4 is 52.4 Å². The third-order valence-electron chi connectivity index (χ3n) is 3.02. The van der Waals surface area contributed by atoms with E-state index in [1.807, 2.05) is 0 Å². The Labute approximate surface area is 153 Å². The number of aromatic hydroxyl groups is 1. The summed E-state index contributed by atoms with van der Waals surface area (Å²) in [6, 6.07) is 8.50. The van der Waals surface area contributed by atoms with Gasteiger partial charge in [-0.3, -0.25) is 4.79 Å². The molecule has 24 heavy (non-hydrogen) atoms. The highest BCUT2D eigenvalue weighted by Crippen LogP contribution is 2.26. The molecule has 2 aromatic carbocycles. The molecule has 1 amide bonds. The Hall–Kier alpha value is -1.95. The van der Waals surface area contributed by atoms with Gasteiger partial charge in [0, 0.05) is 10.0 Å². The highest BCUT2D eigenvalue weighted by molar-refractivity contribution is 6.35. The maximum Gasteiger partial charge on any atom is 0.342 e. The zero-order chi connectivity index (χ0) is 17.9. The third kappa shape index (κ3) is 4.54. The lowest BCUT2D eigenvalue weighted by molar-refractivity contribution is -0.123. The van der Waals surface area contributed by atoms with Crippen molar-refractivity contribution in [3.8, 4) is 5.75 Å². The summed E-state index contributed by atoms with van der Waals surface area (Å²) in [7, 11) is 0. The van der Waals surface area contributed by atoms with Gasteiger partial charge in [0.15, 0.2) is 6.10 Å². The molecular weight excluding hydrogens is 377 g/mol. The van der Waals surface area contributed by atoms with Crippen LogP contribution in [0.4, 0.5) is 5.69 Å². The summed E-state index contributed by atoms with van der Waals surface area (Å²) in [5.41, 5.74) is 0.158. The zero-order valence-corrected chi connectivity index (χ0v) is 14.6. The SMILES string of the molecule is C[C@@H](OC(=O)c1cc(Cl)ccc1O)C(=O)Nc1cc(Cl)ccc1Cl. The van der Waals surface area contributed by atoms with Gasteiger partial charge in [-0.15, -0.1) is 0 Å². The Morgan fingerprint density at radius 3 is 2.42 bits per heavy atom. The molecule has 0 unspecified atom stereocenters. The Bertz CT molecular complexity index is 795. The summed E-state index contributed by atoms with van der Waals surface area (Å²) in [6.07, 6.45) is -1.13. The van der Waals surface area contributed by atoms with E-state index in [9.17, 15) is 14.7 Å². The molecule has 2 N–H and O–H groups in total. The topological polar surface area (TPSA) is 75.6 Å². The lowest BCUT2D eigenvalue weighted by atomic mass is 10.2. The third-order valence-corrected chi connectivity index (χ3v) is 3.82. The number of rotatable bonds is 4. The van der Waals surface area contributed by atoms with Gasteiger partial charge in [0.2, 0.25) is 0 Å². The molecule has 126 valence electrons. The molecule has 0 radical (unpaired) electrons. The van der Waals surface area contributed by atoms with Crippen molar-refractivity contribution in [1.29, 1.82) is 0 Å². The van der Waals surface area contributed by atoms with Crippen molar-refractivity contribution < 1.29 is 19.4 Å². The van der Waals surface area contributed by atoms with Crippen LogP contribution in [0.2, 0.25) is 15.1 Å². The molecule has 2 rings (SSSR count). The maximum atomic E-state index is 12.1. The van der Waals surface area contributed by atoms with E-state index in [1.165, 1.54) is 37.3 Å². The van der Waals surface area contributed by atoms with E-state index >= 15 is 0 Å². The molecule has 5 nitrogen and oxygen atoms in total. The molecule has 1 atom stereocenters. The lowest BCUT2D eigenvalue weighted by Gasteiger charge is -2.15. The second-order valence-electron chi connectivity index (χ2n) is 4.82. The van der Waals surface area contributed by atoms with E-state index < -0.39 is 18.0 Å². The number of nitrogens with one attached hydrogen (secondary N) is 1. The van der Waals surface area contributed by atoms with Crippen LogP contribution in [0.1, 0.15) is 17.3 Å². The molecule has 0 bridgehead atoms. The van der Waals surface area contributed by atoms with Crippen molar-refractivity contribution in [3.05, 3.63) is 57.0 Å². The summed E-state index contributed by atoms with van der Waals surface area (Å²) in [6.45, 7) is 1.38. The van der Waals surface area contributed by atoms with Crippen molar-refractivity contribution in [2.24, 2.45) is 0 Å². The number of ether oxygens (including phenoxy) is 1. The second kappa shape index (κ2) is 7.75. The highest BCUT2D eigenvalue weighted by atomic mass is 35.5. The van der Waals surface area contributed by atoms with Crippen molar-refractivity contribution in [1.82, 2.24) is 0 Å². The molecule has 0 aromatic heterocycles. The Morgan fingerprint density at radius 1 is 1.08 bits per heavy atom. The van der Waals surface area contributed by atoms with Crippen LogP contribution >= 0.6 is 34.8 Å². The molecule has 0 saturated carbocycles. The van der Waals surface area contributed by atoms with E-state index in [4.69, 9.17) is 39.5 Å². The van der Waals surface area contributed by atoms with Crippen molar-refractivity contribution in [2.75, 3.05) is 5.32 Å². The maximum absolute atomic E-state index is 12.1. The number of carbonyl (C=O) groups is 2. The van der Waals surface area contributed by atoms with Crippen LogP contribution in [0.25, 0.3) is 0 Å². The standard InChI is InChI=1S/C16H12Cl3NO4/c1-8(15(22)20-13-7-10(18)2-4-12(13)19)24-16(23)11-6-9(17)3-5-14(11)21/h2-8,21H,1H3,(H,20,22)/t8-/m1/s1. The van der Waals surface area contributed by atoms with Crippen LogP contribution < -0.4 is 5.32 Å². The van der Waals surface area contributed by atoms with Crippen molar-refractivity contribution in [2.45, 2.75) is 13.0 Å². The van der Waals surface area contributed by atoms with Gasteiger partial charge < -0.3 is 15.2 Å². The normalized spacial score (nSPS) is 11.7. The fourth-order valence-corrected chi connectivity index (χ4v) is 2.29. The fraction of sp³-hybridized carbons (Fsp3) is 0.125. The van der Waals surface area contributed by atoms with Gasteiger partial charge in [0.25, 0.3) is 5.91 Å². The quantitative estimate of drug-likeness (QED) is 0.754. The minimum atomic E-state index is -1.13. The number of amides is 1. The first kappa shape index (κ1) is 18.4. The number of carbonyl (C=O) groups excluding carboxylic acids is 2. The second-order valence-corrected chi connectivity index (χ2v) is 6.10. The van der Waals surface area contributed by atoms with E-state index in [-0.39, 0.29) is 16.3 Å². The highest BCUT2D eigenvalue weighted by Gasteiger charge is 2.22. The Morgan fingerprint density at radius 2 is 1.71 bits per heavy atom. The first-order valence-corrected chi connectivity index (χ1v) is 7.86. The van der Waals surface area contributed by atoms with Crippen molar-refractivity contribution in [3.63, 3.8) is 0 Å². The minimum absolute atomic E-state index is 0.136. The number of phenolic OH excluding ortho intramolecular Hbond substituents is 1. The average molecular weight is 389 g/mol. The zero-order valence-electron chi connectivity index (χ0n) is 12.3. The fourth-order valence-electron chi connectivity index (χ4n) is 1.78. The van der Waals surface area contributed by atoms with E-state index in [2.05, 4.69) is 5.32 Å². The van der Waals surface area contributed by atoms with Crippen LogP contribution in [0.15, 0.2) is 36.4 Å². The number of benzene rings is 2. The predicted octanol–water partition coefficient (Wildman–Crippen LogP) is 4.54. The van der Waals surface area contributed by atoms with Gasteiger partial charge in [-0.1, -0.05) is 34.8 Å². The molecule has 0 spiro atoms. The molecule has 0 aliphatic carbocycles. The smallest absolute Gasteiger partial charge is 0.342 e. The van der Waals surface area contributed by atoms with E-state index in [0.29, 0.717) is 15.7 Å². The molecular formula is C16H12Cl3NO4. The van der Waals surface area contributed by atoms with E-state index in [0.717, 1.165) is 0 Å². The lowest BCUT2D eigenvalue weighted by Crippen LogP contribution is -2.30. The summed E-state index contributed by atoms with van der Waals surface area (Å²) >= 11 is 17.6. The van der Waals surface area contributed by atoms with Crippen LogP contribution in [-0.2, 0) is 9.53 Å². The first-order valence-electron chi connectivity index (χ1n) is 6.73. The molecule has 0 aliphatic heterocycles. The summed E-state index contributed by atoms with van der Waals surface area (Å²) in [5.74, 6) is -1.78. The van der Waals surface area contributed by atoms with Crippen LogP contribution in [0.3, 0.4) is 0 Å². The first-order chi connectivity index (χ1) is 11.3. The largest absolute Gasteiger partial charge is 0.507 e. The van der Waals surface area contributed by atoms with Crippen LogP contribution in [0, 0.1) is 0 Å². The van der Waals surface area contributed by atoms with E-state index in [1.54, 1.807) is 6.07 Å². The average Bonchev–Trinajstić information content (AvgIpc) is 2.53. The van der Waals surface area contributed by atoms with Gasteiger partial charge in [0.1, 0.15) is 11.3 Å². The molecule has 8 heteroatoms. The number of hydrogen-bond donors (Lipinski definition) is 2. The van der Waals surface area contributed by atoms with Gasteiger partial charge in [-0.25, -0.2) is 4.79 Å². The van der Waals surface area contributed by atoms with Gasteiger partial charge >= 0.3 is 5.97 Å². The van der Waals surface area contributed by atoms with Crippen LogP contribution in [-0.4, -0.2) is 23.1 Å². The van der Waals surface area contributed by atoms with Gasteiger partial charge in [0.05, 0.1) is 10.7 Å². The van der Waals surface area contributed by atoms with Gasteiger partial charge in [-0.05, 0) is 43.3 Å². The number of esters is 1. The van der Waals surface area contributed by atoms with Gasteiger partial charge in [-0.2, -0.15) is 0 Å². The molecule has 0 fully saturated rings. The number of hydrogen-bond acceptors (Lipinski definition) is 4. The molecule has 0 aliphatic rings. The number of halogens is 3. The Kier molecular flexibility index (Phi) is 5.94. The predicted molar refractivity (Wildman–Crippen MR) is 93.1 cm³/mol. The molecule has 0 saturated heterocycles. The molecule has 2 aromatic rings. The monoisotopic (exact) mass is 387 g/mol. The summed E-state index contributed by atoms with van der Waals surface area (Å²) < 4.78 is 5.03. The number of phenols is 1. The minimum Gasteiger partial charge on any atom is -0.507 e. The number of anilines is 1. The molecule has 0 heterocycles. The Balaban J connectivity index is 2.07. The van der Waals surface area contributed by atoms with Crippen LogP contribution in [0.5, 0.6) is 5.75 Å². The summed E-state index contributed by atoms with van der Waals surface area (Å²) in [5, 5.41) is 13.1.